The van der Waals surface area contributed by atoms with E-state index in [0.717, 1.165) is 29.9 Å². The van der Waals surface area contributed by atoms with Crippen molar-refractivity contribution in [1.82, 2.24) is 0 Å². The number of hydrogen-bond donors (Lipinski definition) is 2. The van der Waals surface area contributed by atoms with Crippen LogP contribution in [-0.4, -0.2) is 24.9 Å². The van der Waals surface area contributed by atoms with E-state index in [4.69, 9.17) is 20.9 Å². The van der Waals surface area contributed by atoms with Crippen molar-refractivity contribution in [3.8, 4) is 11.5 Å². The van der Waals surface area contributed by atoms with E-state index in [9.17, 15) is 0 Å². The second-order valence-corrected chi connectivity index (χ2v) is 5.10. The molecule has 6 nitrogen and oxygen atoms in total. The molecule has 21 heavy (non-hydrogen) atoms. The van der Waals surface area contributed by atoms with Gasteiger partial charge in [0.05, 0.1) is 18.9 Å². The molecule has 1 aliphatic carbocycles. The van der Waals surface area contributed by atoms with Gasteiger partial charge in [0.1, 0.15) is 0 Å². The molecule has 1 aromatic rings. The second-order valence-electron chi connectivity index (χ2n) is 5.10. The van der Waals surface area contributed by atoms with E-state index in [1.54, 1.807) is 7.11 Å². The zero-order chi connectivity index (χ0) is 15.2. The Morgan fingerprint density at radius 2 is 1.86 bits per heavy atom. The van der Waals surface area contributed by atoms with E-state index < -0.39 is 0 Å². The molecule has 0 atom stereocenters. The van der Waals surface area contributed by atoms with Crippen LogP contribution < -0.4 is 20.9 Å². The minimum atomic E-state index is -0.0645. The summed E-state index contributed by atoms with van der Waals surface area (Å²) in [5.41, 5.74) is 12.2. The minimum Gasteiger partial charge on any atom is -0.493 e. The monoisotopic (exact) mass is 290 g/mol. The number of nitrogens with two attached hydrogens (primary N) is 2. The molecule has 0 aromatic heterocycles. The molecule has 0 bridgehead atoms. The third kappa shape index (κ3) is 4.11. The Kier molecular flexibility index (Phi) is 5.03. The van der Waals surface area contributed by atoms with Crippen molar-refractivity contribution in [2.24, 2.45) is 21.7 Å². The van der Waals surface area contributed by atoms with E-state index in [0.29, 0.717) is 5.71 Å². The predicted molar refractivity (Wildman–Crippen MR) is 83.9 cm³/mol. The summed E-state index contributed by atoms with van der Waals surface area (Å²) in [6.45, 7) is 1.84. The average Bonchev–Trinajstić information content (AvgIpc) is 2.97. The average molecular weight is 290 g/mol. The van der Waals surface area contributed by atoms with Crippen LogP contribution in [0.25, 0.3) is 0 Å². The first kappa shape index (κ1) is 15.2. The molecule has 0 aliphatic heterocycles. The SMILES string of the molecule is COc1ccc(/C(C)=N/N=C(N)N)cc1OC1CCCC1. The lowest BCUT2D eigenvalue weighted by Crippen LogP contribution is -2.22. The van der Waals surface area contributed by atoms with Crippen molar-refractivity contribution in [2.75, 3.05) is 7.11 Å². The van der Waals surface area contributed by atoms with Gasteiger partial charge in [-0.3, -0.25) is 0 Å². The largest absolute Gasteiger partial charge is 0.493 e. The van der Waals surface area contributed by atoms with Crippen LogP contribution in [0.2, 0.25) is 0 Å². The molecule has 1 aliphatic rings. The molecule has 4 N–H and O–H groups in total. The molecule has 0 radical (unpaired) electrons. The molecular formula is C15H22N4O2. The number of benzene rings is 1. The molecule has 114 valence electrons. The topological polar surface area (TPSA) is 95.2 Å². The predicted octanol–water partition coefficient (Wildman–Crippen LogP) is 2.01. The molecule has 0 spiro atoms. The minimum absolute atomic E-state index is 0.0645. The summed E-state index contributed by atoms with van der Waals surface area (Å²) >= 11 is 0. The number of methoxy groups -OCH3 is 1. The van der Waals surface area contributed by atoms with Gasteiger partial charge in [0, 0.05) is 5.56 Å². The standard InChI is InChI=1S/C15H22N4O2/c1-10(18-19-15(16)17)11-7-8-13(20-2)14(9-11)21-12-5-3-4-6-12/h7-9,12H,3-6H2,1-2H3,(H4,16,17,19)/b18-10+. The molecule has 0 heterocycles. The first-order chi connectivity index (χ1) is 10.1. The van der Waals surface area contributed by atoms with E-state index in [1.807, 2.05) is 25.1 Å². The number of rotatable bonds is 5. The van der Waals surface area contributed by atoms with E-state index >= 15 is 0 Å². The van der Waals surface area contributed by atoms with E-state index in [1.165, 1.54) is 12.8 Å². The van der Waals surface area contributed by atoms with Crippen molar-refractivity contribution < 1.29 is 9.47 Å². The van der Waals surface area contributed by atoms with Gasteiger partial charge in [-0.05, 0) is 50.8 Å². The molecule has 1 saturated carbocycles. The van der Waals surface area contributed by atoms with Gasteiger partial charge in [-0.1, -0.05) is 0 Å². The van der Waals surface area contributed by atoms with Crippen LogP contribution in [0.5, 0.6) is 11.5 Å². The van der Waals surface area contributed by atoms with Gasteiger partial charge < -0.3 is 20.9 Å². The molecule has 1 aromatic carbocycles. The fourth-order valence-electron chi connectivity index (χ4n) is 2.37. The maximum absolute atomic E-state index is 6.05. The summed E-state index contributed by atoms with van der Waals surface area (Å²) in [5.74, 6) is 1.40. The van der Waals surface area contributed by atoms with Crippen LogP contribution in [0.4, 0.5) is 0 Å². The summed E-state index contributed by atoms with van der Waals surface area (Å²) in [7, 11) is 1.64. The Labute approximate surface area is 124 Å². The summed E-state index contributed by atoms with van der Waals surface area (Å²) in [5, 5.41) is 7.65. The lowest BCUT2D eigenvalue weighted by Gasteiger charge is -2.16. The van der Waals surface area contributed by atoms with Gasteiger partial charge >= 0.3 is 0 Å². The van der Waals surface area contributed by atoms with Gasteiger partial charge in [-0.2, -0.15) is 5.10 Å². The summed E-state index contributed by atoms with van der Waals surface area (Å²) in [6.07, 6.45) is 4.89. The molecular weight excluding hydrogens is 268 g/mol. The highest BCUT2D eigenvalue weighted by Gasteiger charge is 2.18. The Hall–Kier alpha value is -2.24. The van der Waals surface area contributed by atoms with E-state index in [-0.39, 0.29) is 12.1 Å². The van der Waals surface area contributed by atoms with Crippen molar-refractivity contribution in [1.29, 1.82) is 0 Å². The summed E-state index contributed by atoms with van der Waals surface area (Å²) in [4.78, 5) is 0. The van der Waals surface area contributed by atoms with Crippen molar-refractivity contribution in [3.63, 3.8) is 0 Å². The lowest BCUT2D eigenvalue weighted by atomic mass is 10.1. The summed E-state index contributed by atoms with van der Waals surface area (Å²) < 4.78 is 11.4. The first-order valence-corrected chi connectivity index (χ1v) is 7.08. The van der Waals surface area contributed by atoms with Crippen LogP contribution in [0.15, 0.2) is 28.4 Å². The zero-order valence-corrected chi connectivity index (χ0v) is 12.5. The van der Waals surface area contributed by atoms with E-state index in [2.05, 4.69) is 10.2 Å². The van der Waals surface area contributed by atoms with Gasteiger partial charge in [0.2, 0.25) is 5.96 Å². The Morgan fingerprint density at radius 3 is 2.48 bits per heavy atom. The molecule has 6 heteroatoms. The fraction of sp³-hybridized carbons (Fsp3) is 0.467. The Morgan fingerprint density at radius 1 is 1.14 bits per heavy atom. The second kappa shape index (κ2) is 6.97. The number of guanidine groups is 1. The third-order valence-corrected chi connectivity index (χ3v) is 3.49. The molecule has 0 saturated heterocycles. The first-order valence-electron chi connectivity index (χ1n) is 7.08. The molecule has 0 amide bonds. The number of ether oxygens (including phenoxy) is 2. The highest BCUT2D eigenvalue weighted by atomic mass is 16.5. The Bertz CT molecular complexity index is 545. The maximum Gasteiger partial charge on any atom is 0.211 e. The third-order valence-electron chi connectivity index (χ3n) is 3.49. The van der Waals surface area contributed by atoms with Crippen molar-refractivity contribution in [2.45, 2.75) is 38.7 Å². The fourth-order valence-corrected chi connectivity index (χ4v) is 2.37. The summed E-state index contributed by atoms with van der Waals surface area (Å²) in [6, 6.07) is 5.69. The molecule has 0 unspecified atom stereocenters. The molecule has 2 rings (SSSR count). The number of hydrogen-bond acceptors (Lipinski definition) is 4. The van der Waals surface area contributed by atoms with Gasteiger partial charge in [0.15, 0.2) is 11.5 Å². The molecule has 1 fully saturated rings. The lowest BCUT2D eigenvalue weighted by molar-refractivity contribution is 0.201. The highest BCUT2D eigenvalue weighted by Crippen LogP contribution is 2.32. The maximum atomic E-state index is 6.05. The van der Waals surface area contributed by atoms with Gasteiger partial charge in [0.25, 0.3) is 0 Å². The normalized spacial score (nSPS) is 15.8. The van der Waals surface area contributed by atoms with Crippen molar-refractivity contribution >= 4 is 11.7 Å². The van der Waals surface area contributed by atoms with Gasteiger partial charge in [-0.25, -0.2) is 0 Å². The smallest absolute Gasteiger partial charge is 0.211 e. The van der Waals surface area contributed by atoms with Crippen LogP contribution >= 0.6 is 0 Å². The zero-order valence-electron chi connectivity index (χ0n) is 12.5. The van der Waals surface area contributed by atoms with Crippen LogP contribution in [-0.2, 0) is 0 Å². The van der Waals surface area contributed by atoms with Crippen molar-refractivity contribution in [3.05, 3.63) is 23.8 Å². The van der Waals surface area contributed by atoms with Gasteiger partial charge in [-0.15, -0.1) is 5.10 Å². The number of nitrogens with zero attached hydrogens (tertiary/aromatic N) is 2. The van der Waals surface area contributed by atoms with Crippen LogP contribution in [0.3, 0.4) is 0 Å². The quantitative estimate of drug-likeness (QED) is 0.492. The highest BCUT2D eigenvalue weighted by molar-refractivity contribution is 5.99. The van der Waals surface area contributed by atoms with Crippen LogP contribution in [0, 0.1) is 0 Å². The Balaban J connectivity index is 2.23. The van der Waals surface area contributed by atoms with Crippen LogP contribution in [0.1, 0.15) is 38.2 Å².